The lowest BCUT2D eigenvalue weighted by atomic mass is 10.2. The van der Waals surface area contributed by atoms with E-state index in [1.165, 1.54) is 20.3 Å². The van der Waals surface area contributed by atoms with Crippen molar-refractivity contribution in [2.45, 2.75) is 6.92 Å². The van der Waals surface area contributed by atoms with E-state index in [1.807, 2.05) is 0 Å². The van der Waals surface area contributed by atoms with Crippen molar-refractivity contribution in [2.75, 3.05) is 33.1 Å². The van der Waals surface area contributed by atoms with Crippen molar-refractivity contribution in [1.29, 1.82) is 0 Å². The highest BCUT2D eigenvalue weighted by Crippen LogP contribution is 2.27. The average Bonchev–Trinajstić information content (AvgIpc) is 2.46. The minimum absolute atomic E-state index is 0.0303. The van der Waals surface area contributed by atoms with Crippen LogP contribution in [-0.4, -0.2) is 47.4 Å². The van der Waals surface area contributed by atoms with Gasteiger partial charge < -0.3 is 14.8 Å². The Labute approximate surface area is 124 Å². The second kappa shape index (κ2) is 7.84. The van der Waals surface area contributed by atoms with Crippen molar-refractivity contribution in [3.8, 4) is 11.5 Å². The summed E-state index contributed by atoms with van der Waals surface area (Å²) >= 11 is 0. The smallest absolute Gasteiger partial charge is 0.251 e. The molecule has 118 valence electrons. The predicted octanol–water partition coefficient (Wildman–Crippen LogP) is 0.373. The molecule has 1 aromatic rings. The summed E-state index contributed by atoms with van der Waals surface area (Å²) < 4.78 is 35.4. The molecule has 0 saturated heterocycles. The zero-order valence-electron chi connectivity index (χ0n) is 12.3. The third-order valence-corrected chi connectivity index (χ3v) is 4.14. The number of rotatable bonds is 8. The lowest BCUT2D eigenvalue weighted by Crippen LogP contribution is -2.34. The maximum Gasteiger partial charge on any atom is 0.251 e. The summed E-state index contributed by atoms with van der Waals surface area (Å²) in [5.41, 5.74) is 0.369. The van der Waals surface area contributed by atoms with Gasteiger partial charge in [0.15, 0.2) is 11.5 Å². The molecule has 0 unspecified atom stereocenters. The van der Waals surface area contributed by atoms with Crippen LogP contribution in [0.1, 0.15) is 17.3 Å². The maximum atomic E-state index is 11.9. The first-order chi connectivity index (χ1) is 9.93. The Hall–Kier alpha value is -1.80. The molecule has 1 rings (SSSR count). The van der Waals surface area contributed by atoms with Crippen LogP contribution in [0.25, 0.3) is 0 Å². The highest BCUT2D eigenvalue weighted by Gasteiger charge is 2.12. The van der Waals surface area contributed by atoms with E-state index >= 15 is 0 Å². The Morgan fingerprint density at radius 1 is 1.19 bits per heavy atom. The van der Waals surface area contributed by atoms with Crippen LogP contribution in [0.15, 0.2) is 18.2 Å². The molecule has 0 fully saturated rings. The second-order valence-electron chi connectivity index (χ2n) is 4.14. The fourth-order valence-electron chi connectivity index (χ4n) is 1.67. The normalized spacial score (nSPS) is 11.0. The van der Waals surface area contributed by atoms with Crippen LogP contribution in [0, 0.1) is 0 Å². The van der Waals surface area contributed by atoms with Gasteiger partial charge in [-0.1, -0.05) is 6.92 Å². The Morgan fingerprint density at radius 3 is 2.43 bits per heavy atom. The number of amides is 1. The summed E-state index contributed by atoms with van der Waals surface area (Å²) in [6.07, 6.45) is 0. The number of benzene rings is 1. The van der Waals surface area contributed by atoms with Gasteiger partial charge in [-0.3, -0.25) is 4.79 Å². The molecule has 0 aromatic heterocycles. The minimum Gasteiger partial charge on any atom is -0.493 e. The number of carbonyl (C=O) groups is 1. The number of nitrogens with one attached hydrogen (secondary N) is 2. The van der Waals surface area contributed by atoms with Gasteiger partial charge in [0.1, 0.15) is 0 Å². The molecule has 0 atom stereocenters. The van der Waals surface area contributed by atoms with Gasteiger partial charge in [0.25, 0.3) is 5.91 Å². The summed E-state index contributed by atoms with van der Waals surface area (Å²) in [5, 5.41) is 2.55. The molecule has 0 heterocycles. The highest BCUT2D eigenvalue weighted by molar-refractivity contribution is 7.89. The van der Waals surface area contributed by atoms with E-state index in [0.717, 1.165) is 0 Å². The highest BCUT2D eigenvalue weighted by atomic mass is 32.2. The molecule has 0 aliphatic rings. The fourth-order valence-corrected chi connectivity index (χ4v) is 2.63. The number of carbonyl (C=O) groups excluding carboxylic acids is 1. The van der Waals surface area contributed by atoms with Crippen molar-refractivity contribution < 1.29 is 22.7 Å². The van der Waals surface area contributed by atoms with Crippen LogP contribution in [0.5, 0.6) is 11.5 Å². The van der Waals surface area contributed by atoms with Gasteiger partial charge in [-0.15, -0.1) is 0 Å². The van der Waals surface area contributed by atoms with Gasteiger partial charge in [-0.05, 0) is 18.2 Å². The molecule has 21 heavy (non-hydrogen) atoms. The van der Waals surface area contributed by atoms with Crippen molar-refractivity contribution in [3.63, 3.8) is 0 Å². The molecule has 0 radical (unpaired) electrons. The van der Waals surface area contributed by atoms with Crippen molar-refractivity contribution in [1.82, 2.24) is 10.0 Å². The van der Waals surface area contributed by atoms with Gasteiger partial charge in [0.05, 0.1) is 20.0 Å². The predicted molar refractivity (Wildman–Crippen MR) is 79.3 cm³/mol. The Balaban J connectivity index is 2.64. The molecule has 1 aromatic carbocycles. The third kappa shape index (κ3) is 5.24. The van der Waals surface area contributed by atoms with Crippen LogP contribution in [0.4, 0.5) is 0 Å². The number of ether oxygens (including phenoxy) is 2. The van der Waals surface area contributed by atoms with Crippen molar-refractivity contribution >= 4 is 15.9 Å². The van der Waals surface area contributed by atoms with Crippen LogP contribution in [0.3, 0.4) is 0 Å². The van der Waals surface area contributed by atoms with Crippen LogP contribution in [-0.2, 0) is 10.0 Å². The van der Waals surface area contributed by atoms with Crippen LogP contribution < -0.4 is 19.5 Å². The standard InChI is InChI=1S/C13H20N2O5S/c1-4-15-21(17,18)8-7-14-13(16)10-5-6-11(19-2)12(9-10)20-3/h5-6,9,15H,4,7-8H2,1-3H3,(H,14,16). The van der Waals surface area contributed by atoms with Crippen LogP contribution >= 0.6 is 0 Å². The van der Waals surface area contributed by atoms with Crippen molar-refractivity contribution in [2.24, 2.45) is 0 Å². The van der Waals surface area contributed by atoms with E-state index in [2.05, 4.69) is 10.0 Å². The number of methoxy groups -OCH3 is 2. The SMILES string of the molecule is CCNS(=O)(=O)CCNC(=O)c1ccc(OC)c(OC)c1. The Bertz CT molecular complexity index is 586. The van der Waals surface area contributed by atoms with E-state index in [-0.39, 0.29) is 18.2 Å². The molecule has 1 amide bonds. The van der Waals surface area contributed by atoms with Gasteiger partial charge in [-0.2, -0.15) is 0 Å². The summed E-state index contributed by atoms with van der Waals surface area (Å²) in [4.78, 5) is 11.9. The number of hydrogen-bond acceptors (Lipinski definition) is 5. The summed E-state index contributed by atoms with van der Waals surface area (Å²) in [6, 6.07) is 4.73. The first-order valence-corrected chi connectivity index (χ1v) is 8.06. The molecule has 0 aliphatic carbocycles. The molecular formula is C13H20N2O5S. The quantitative estimate of drug-likeness (QED) is 0.723. The molecule has 0 saturated carbocycles. The zero-order chi connectivity index (χ0) is 15.9. The van der Waals surface area contributed by atoms with E-state index in [0.29, 0.717) is 23.6 Å². The molecule has 0 bridgehead atoms. The first kappa shape index (κ1) is 17.3. The summed E-state index contributed by atoms with van der Waals surface area (Å²) in [7, 11) is -0.365. The largest absolute Gasteiger partial charge is 0.493 e. The van der Waals surface area contributed by atoms with E-state index < -0.39 is 10.0 Å². The Morgan fingerprint density at radius 2 is 1.86 bits per heavy atom. The molecule has 7 nitrogen and oxygen atoms in total. The van der Waals surface area contributed by atoms with E-state index in [9.17, 15) is 13.2 Å². The minimum atomic E-state index is -3.34. The second-order valence-corrected chi connectivity index (χ2v) is 6.07. The molecule has 2 N–H and O–H groups in total. The zero-order valence-corrected chi connectivity index (χ0v) is 13.1. The maximum absolute atomic E-state index is 11.9. The van der Waals surface area contributed by atoms with E-state index in [1.54, 1.807) is 19.1 Å². The molecule has 8 heteroatoms. The third-order valence-electron chi connectivity index (χ3n) is 2.67. The lowest BCUT2D eigenvalue weighted by molar-refractivity contribution is 0.0955. The lowest BCUT2D eigenvalue weighted by Gasteiger charge is -2.10. The topological polar surface area (TPSA) is 93.7 Å². The molecule has 0 spiro atoms. The van der Waals surface area contributed by atoms with Gasteiger partial charge in [0, 0.05) is 18.7 Å². The number of sulfonamides is 1. The fraction of sp³-hybridized carbons (Fsp3) is 0.462. The van der Waals surface area contributed by atoms with Gasteiger partial charge >= 0.3 is 0 Å². The van der Waals surface area contributed by atoms with Crippen molar-refractivity contribution in [3.05, 3.63) is 23.8 Å². The Kier molecular flexibility index (Phi) is 6.44. The first-order valence-electron chi connectivity index (χ1n) is 6.41. The monoisotopic (exact) mass is 316 g/mol. The van der Waals surface area contributed by atoms with Crippen LogP contribution in [0.2, 0.25) is 0 Å². The number of hydrogen-bond donors (Lipinski definition) is 2. The summed E-state index contributed by atoms with van der Waals surface area (Å²) in [5.74, 6) is 0.414. The van der Waals surface area contributed by atoms with Gasteiger partial charge in [0.2, 0.25) is 10.0 Å². The summed E-state index contributed by atoms with van der Waals surface area (Å²) in [6.45, 7) is 2.05. The molecule has 0 aliphatic heterocycles. The average molecular weight is 316 g/mol. The molecular weight excluding hydrogens is 296 g/mol. The van der Waals surface area contributed by atoms with E-state index in [4.69, 9.17) is 9.47 Å². The van der Waals surface area contributed by atoms with Gasteiger partial charge in [-0.25, -0.2) is 13.1 Å².